The van der Waals surface area contributed by atoms with Gasteiger partial charge in [0.15, 0.2) is 0 Å². The number of alkyl halides is 3. The van der Waals surface area contributed by atoms with Gasteiger partial charge in [0.25, 0.3) is 0 Å². The average molecular weight is 324 g/mol. The third kappa shape index (κ3) is 3.23. The second-order valence-electron chi connectivity index (χ2n) is 5.69. The summed E-state index contributed by atoms with van der Waals surface area (Å²) in [6.45, 7) is 1.28. The highest BCUT2D eigenvalue weighted by Crippen LogP contribution is 2.38. The van der Waals surface area contributed by atoms with Crippen LogP contribution in [-0.4, -0.2) is 11.4 Å². The van der Waals surface area contributed by atoms with Crippen LogP contribution < -0.4 is 5.73 Å². The first-order chi connectivity index (χ1) is 10.9. The Morgan fingerprint density at radius 3 is 2.39 bits per heavy atom. The standard InChI is InChI=1S/C17H16F4N2/c18-14-5-1-11(2-6-14)9-23-10-12-3-4-13(17(19,20)21)7-15(12)16(23)8-22/h1-7,16H,8-10,22H2. The summed E-state index contributed by atoms with van der Waals surface area (Å²) < 4.78 is 51.6. The maximum Gasteiger partial charge on any atom is 0.416 e. The molecular weight excluding hydrogens is 308 g/mol. The molecule has 0 saturated heterocycles. The first kappa shape index (κ1) is 16.0. The van der Waals surface area contributed by atoms with Crippen LogP contribution in [0.25, 0.3) is 0 Å². The minimum atomic E-state index is -4.36. The van der Waals surface area contributed by atoms with E-state index in [2.05, 4.69) is 0 Å². The van der Waals surface area contributed by atoms with Crippen LogP contribution in [0.2, 0.25) is 0 Å². The Bertz CT molecular complexity index is 695. The number of nitrogens with zero attached hydrogens (tertiary/aromatic N) is 1. The number of hydrogen-bond acceptors (Lipinski definition) is 2. The SMILES string of the molecule is NCC1c2cc(C(F)(F)F)ccc2CN1Cc1ccc(F)cc1. The van der Waals surface area contributed by atoms with Gasteiger partial charge in [0.2, 0.25) is 0 Å². The van der Waals surface area contributed by atoms with Crippen LogP contribution in [0.5, 0.6) is 0 Å². The molecule has 3 rings (SSSR count). The normalized spacial score (nSPS) is 18.2. The van der Waals surface area contributed by atoms with Gasteiger partial charge in [-0.1, -0.05) is 18.2 Å². The number of nitrogens with two attached hydrogens (primary N) is 1. The van der Waals surface area contributed by atoms with Gasteiger partial charge in [0.1, 0.15) is 5.82 Å². The molecule has 23 heavy (non-hydrogen) atoms. The van der Waals surface area contributed by atoms with Gasteiger partial charge in [0, 0.05) is 25.7 Å². The fourth-order valence-electron chi connectivity index (χ4n) is 3.02. The van der Waals surface area contributed by atoms with Crippen molar-refractivity contribution in [2.75, 3.05) is 6.54 Å². The van der Waals surface area contributed by atoms with Crippen molar-refractivity contribution in [1.29, 1.82) is 0 Å². The highest BCUT2D eigenvalue weighted by atomic mass is 19.4. The molecule has 0 aliphatic carbocycles. The molecule has 1 heterocycles. The van der Waals surface area contributed by atoms with Crippen LogP contribution in [0.1, 0.15) is 28.3 Å². The number of halogens is 4. The smallest absolute Gasteiger partial charge is 0.329 e. The van der Waals surface area contributed by atoms with E-state index in [0.717, 1.165) is 17.2 Å². The highest BCUT2D eigenvalue weighted by Gasteiger charge is 2.35. The summed E-state index contributed by atoms with van der Waals surface area (Å²) in [7, 11) is 0. The summed E-state index contributed by atoms with van der Waals surface area (Å²) in [6.07, 6.45) is -4.36. The second-order valence-corrected chi connectivity index (χ2v) is 5.69. The van der Waals surface area contributed by atoms with E-state index in [-0.39, 0.29) is 18.4 Å². The van der Waals surface area contributed by atoms with Crippen LogP contribution in [0.3, 0.4) is 0 Å². The Balaban J connectivity index is 1.86. The third-order valence-electron chi connectivity index (χ3n) is 4.17. The highest BCUT2D eigenvalue weighted by molar-refractivity contribution is 5.39. The summed E-state index contributed by atoms with van der Waals surface area (Å²) in [5.41, 5.74) is 7.52. The van der Waals surface area contributed by atoms with Gasteiger partial charge in [-0.2, -0.15) is 13.2 Å². The molecule has 0 spiro atoms. The largest absolute Gasteiger partial charge is 0.416 e. The predicted molar refractivity (Wildman–Crippen MR) is 78.9 cm³/mol. The van der Waals surface area contributed by atoms with Crippen LogP contribution in [0, 0.1) is 5.82 Å². The summed E-state index contributed by atoms with van der Waals surface area (Å²) in [6, 6.07) is 9.64. The van der Waals surface area contributed by atoms with Crippen LogP contribution >= 0.6 is 0 Å². The Labute approximate surface area is 131 Å². The molecule has 1 aliphatic rings. The van der Waals surface area contributed by atoms with Crippen molar-refractivity contribution < 1.29 is 17.6 Å². The minimum Gasteiger partial charge on any atom is -0.329 e. The monoisotopic (exact) mass is 324 g/mol. The summed E-state index contributed by atoms with van der Waals surface area (Å²) in [5, 5.41) is 0. The summed E-state index contributed by atoms with van der Waals surface area (Å²) >= 11 is 0. The van der Waals surface area contributed by atoms with E-state index < -0.39 is 11.7 Å². The van der Waals surface area contributed by atoms with Gasteiger partial charge in [-0.3, -0.25) is 4.90 Å². The fourth-order valence-corrected chi connectivity index (χ4v) is 3.02. The molecule has 0 radical (unpaired) electrons. The maximum absolute atomic E-state index is 13.0. The quantitative estimate of drug-likeness (QED) is 0.869. The zero-order valence-electron chi connectivity index (χ0n) is 12.3. The molecule has 0 bridgehead atoms. The van der Waals surface area contributed by atoms with Crippen molar-refractivity contribution in [3.63, 3.8) is 0 Å². The van der Waals surface area contributed by atoms with Gasteiger partial charge in [-0.15, -0.1) is 0 Å². The molecule has 0 amide bonds. The van der Waals surface area contributed by atoms with E-state index in [1.165, 1.54) is 24.3 Å². The molecule has 6 heteroatoms. The average Bonchev–Trinajstić information content (AvgIpc) is 2.84. The van der Waals surface area contributed by atoms with Gasteiger partial charge in [-0.25, -0.2) is 4.39 Å². The first-order valence-corrected chi connectivity index (χ1v) is 7.27. The fraction of sp³-hybridized carbons (Fsp3) is 0.294. The molecule has 2 aromatic carbocycles. The molecule has 1 atom stereocenters. The van der Waals surface area contributed by atoms with Gasteiger partial charge in [-0.05, 0) is 41.0 Å². The molecule has 0 aromatic heterocycles. The van der Waals surface area contributed by atoms with Crippen molar-refractivity contribution in [2.24, 2.45) is 5.73 Å². The number of rotatable bonds is 3. The Kier molecular flexibility index (Phi) is 4.12. The number of hydrogen-bond donors (Lipinski definition) is 1. The molecule has 2 nitrogen and oxygen atoms in total. The predicted octanol–water partition coefficient (Wildman–Crippen LogP) is 3.86. The van der Waals surface area contributed by atoms with Gasteiger partial charge in [0.05, 0.1) is 5.56 Å². The Morgan fingerprint density at radius 2 is 1.78 bits per heavy atom. The van der Waals surface area contributed by atoms with E-state index in [0.29, 0.717) is 18.7 Å². The first-order valence-electron chi connectivity index (χ1n) is 7.27. The Morgan fingerprint density at radius 1 is 1.09 bits per heavy atom. The molecular formula is C17H16F4N2. The molecule has 0 saturated carbocycles. The number of benzene rings is 2. The van der Waals surface area contributed by atoms with Crippen LogP contribution in [0.15, 0.2) is 42.5 Å². The molecule has 2 N–H and O–H groups in total. The van der Waals surface area contributed by atoms with Gasteiger partial charge < -0.3 is 5.73 Å². The van der Waals surface area contributed by atoms with Crippen molar-refractivity contribution in [3.05, 3.63) is 70.5 Å². The summed E-state index contributed by atoms with van der Waals surface area (Å²) in [5.74, 6) is -0.316. The molecule has 1 unspecified atom stereocenters. The lowest BCUT2D eigenvalue weighted by molar-refractivity contribution is -0.137. The van der Waals surface area contributed by atoms with Crippen molar-refractivity contribution >= 4 is 0 Å². The third-order valence-corrected chi connectivity index (χ3v) is 4.17. The molecule has 1 aliphatic heterocycles. The second kappa shape index (κ2) is 5.94. The van der Waals surface area contributed by atoms with Crippen molar-refractivity contribution in [2.45, 2.75) is 25.3 Å². The zero-order chi connectivity index (χ0) is 16.6. The molecule has 0 fully saturated rings. The van der Waals surface area contributed by atoms with E-state index in [4.69, 9.17) is 5.73 Å². The maximum atomic E-state index is 13.0. The van der Waals surface area contributed by atoms with E-state index in [1.807, 2.05) is 4.90 Å². The minimum absolute atomic E-state index is 0.232. The van der Waals surface area contributed by atoms with E-state index in [9.17, 15) is 17.6 Å². The van der Waals surface area contributed by atoms with Gasteiger partial charge >= 0.3 is 6.18 Å². The van der Waals surface area contributed by atoms with E-state index in [1.54, 1.807) is 12.1 Å². The Hall–Kier alpha value is -1.92. The lowest BCUT2D eigenvalue weighted by Gasteiger charge is -2.24. The van der Waals surface area contributed by atoms with Crippen LogP contribution in [0.4, 0.5) is 17.6 Å². The van der Waals surface area contributed by atoms with Crippen molar-refractivity contribution in [1.82, 2.24) is 4.90 Å². The van der Waals surface area contributed by atoms with Crippen molar-refractivity contribution in [3.8, 4) is 0 Å². The lowest BCUT2D eigenvalue weighted by atomic mass is 10.0. The summed E-state index contributed by atoms with van der Waals surface area (Å²) in [4.78, 5) is 2.01. The molecule has 2 aromatic rings. The van der Waals surface area contributed by atoms with E-state index >= 15 is 0 Å². The zero-order valence-corrected chi connectivity index (χ0v) is 12.3. The topological polar surface area (TPSA) is 29.3 Å². The lowest BCUT2D eigenvalue weighted by Crippen LogP contribution is -2.27. The van der Waals surface area contributed by atoms with Crippen LogP contribution in [-0.2, 0) is 19.3 Å². The molecule has 122 valence electrons. The number of fused-ring (bicyclic) bond motifs is 1.